The number of carbonyl (C=O) groups excluding carboxylic acids is 1. The van der Waals surface area contributed by atoms with Crippen LogP contribution < -0.4 is 5.32 Å². The SMILES string of the molecule is O=C(NCCCO[N+](=O)[O-])c1cccnc1. The summed E-state index contributed by atoms with van der Waals surface area (Å²) in [6.45, 7) is 0.294. The van der Waals surface area contributed by atoms with Gasteiger partial charge in [-0.2, -0.15) is 0 Å². The topological polar surface area (TPSA) is 94.4 Å². The van der Waals surface area contributed by atoms with Crippen molar-refractivity contribution in [3.8, 4) is 0 Å². The van der Waals surface area contributed by atoms with Gasteiger partial charge in [0.15, 0.2) is 0 Å². The molecule has 0 fully saturated rings. The molecule has 1 heterocycles. The van der Waals surface area contributed by atoms with Gasteiger partial charge in [0.2, 0.25) is 0 Å². The van der Waals surface area contributed by atoms with Crippen molar-refractivity contribution >= 4 is 5.91 Å². The van der Waals surface area contributed by atoms with Gasteiger partial charge in [0.1, 0.15) is 0 Å². The normalized spacial score (nSPS) is 9.50. The lowest BCUT2D eigenvalue weighted by Crippen LogP contribution is -2.25. The van der Waals surface area contributed by atoms with Crippen molar-refractivity contribution in [3.05, 3.63) is 40.2 Å². The quantitative estimate of drug-likeness (QED) is 0.430. The first-order valence-electron chi connectivity index (χ1n) is 4.65. The summed E-state index contributed by atoms with van der Waals surface area (Å²) in [6.07, 6.45) is 3.40. The van der Waals surface area contributed by atoms with Crippen molar-refractivity contribution in [1.29, 1.82) is 0 Å². The molecule has 1 aromatic rings. The molecule has 0 aliphatic heterocycles. The van der Waals surface area contributed by atoms with E-state index in [-0.39, 0.29) is 12.5 Å². The van der Waals surface area contributed by atoms with Crippen molar-refractivity contribution in [2.75, 3.05) is 13.2 Å². The van der Waals surface area contributed by atoms with Gasteiger partial charge in [-0.25, -0.2) is 0 Å². The number of aromatic nitrogens is 1. The molecule has 0 aliphatic carbocycles. The van der Waals surface area contributed by atoms with Crippen molar-refractivity contribution in [1.82, 2.24) is 10.3 Å². The Hall–Kier alpha value is -2.18. The molecule has 0 saturated carbocycles. The van der Waals surface area contributed by atoms with Crippen LogP contribution in [-0.2, 0) is 4.84 Å². The third-order valence-electron chi connectivity index (χ3n) is 1.73. The molecule has 1 N–H and O–H groups in total. The molecule has 0 bridgehead atoms. The van der Waals surface area contributed by atoms with E-state index in [1.807, 2.05) is 0 Å². The molecule has 7 heteroatoms. The van der Waals surface area contributed by atoms with Crippen LogP contribution in [0.1, 0.15) is 16.8 Å². The molecule has 1 aromatic heterocycles. The first kappa shape index (κ1) is 11.9. The van der Waals surface area contributed by atoms with E-state index in [2.05, 4.69) is 15.1 Å². The summed E-state index contributed by atoms with van der Waals surface area (Å²) in [5.41, 5.74) is 0.456. The van der Waals surface area contributed by atoms with Crippen LogP contribution in [0, 0.1) is 10.1 Å². The number of hydrogen-bond donors (Lipinski definition) is 1. The smallest absolute Gasteiger partial charge is 0.294 e. The zero-order valence-corrected chi connectivity index (χ0v) is 8.46. The maximum atomic E-state index is 11.4. The second-order valence-electron chi connectivity index (χ2n) is 2.91. The highest BCUT2D eigenvalue weighted by Gasteiger charge is 2.03. The maximum Gasteiger partial charge on any atom is 0.294 e. The van der Waals surface area contributed by atoms with E-state index in [4.69, 9.17) is 0 Å². The molecule has 0 unspecified atom stereocenters. The van der Waals surface area contributed by atoms with E-state index < -0.39 is 5.09 Å². The lowest BCUT2D eigenvalue weighted by Gasteiger charge is -2.03. The number of nitrogens with zero attached hydrogens (tertiary/aromatic N) is 2. The minimum Gasteiger partial charge on any atom is -0.352 e. The Morgan fingerprint density at radius 1 is 1.62 bits per heavy atom. The van der Waals surface area contributed by atoms with Crippen LogP contribution in [0.3, 0.4) is 0 Å². The number of rotatable bonds is 6. The Bertz CT molecular complexity index is 355. The fraction of sp³-hybridized carbons (Fsp3) is 0.333. The predicted molar refractivity (Wildman–Crippen MR) is 54.1 cm³/mol. The molecule has 16 heavy (non-hydrogen) atoms. The van der Waals surface area contributed by atoms with Gasteiger partial charge >= 0.3 is 0 Å². The van der Waals surface area contributed by atoms with Crippen LogP contribution in [0.2, 0.25) is 0 Å². The fourth-order valence-corrected chi connectivity index (χ4v) is 1.01. The van der Waals surface area contributed by atoms with Crippen molar-refractivity contribution in [2.45, 2.75) is 6.42 Å². The largest absolute Gasteiger partial charge is 0.352 e. The van der Waals surface area contributed by atoms with E-state index in [0.29, 0.717) is 18.5 Å². The number of nitrogens with one attached hydrogen (secondary N) is 1. The number of pyridine rings is 1. The van der Waals surface area contributed by atoms with E-state index in [1.54, 1.807) is 18.3 Å². The van der Waals surface area contributed by atoms with Crippen LogP contribution in [0.25, 0.3) is 0 Å². The monoisotopic (exact) mass is 225 g/mol. The van der Waals surface area contributed by atoms with Gasteiger partial charge in [-0.3, -0.25) is 9.78 Å². The molecule has 7 nitrogen and oxygen atoms in total. The van der Waals surface area contributed by atoms with E-state index >= 15 is 0 Å². The highest BCUT2D eigenvalue weighted by molar-refractivity contribution is 5.93. The Labute approximate surface area is 91.5 Å². The van der Waals surface area contributed by atoms with Gasteiger partial charge in [-0.1, -0.05) is 0 Å². The Balaban J connectivity index is 2.19. The van der Waals surface area contributed by atoms with Crippen LogP contribution in [0.15, 0.2) is 24.5 Å². The van der Waals surface area contributed by atoms with Crippen LogP contribution in [-0.4, -0.2) is 29.1 Å². The van der Waals surface area contributed by atoms with Crippen molar-refractivity contribution in [3.63, 3.8) is 0 Å². The summed E-state index contributed by atoms with van der Waals surface area (Å²) in [4.78, 5) is 29.1. The van der Waals surface area contributed by atoms with Gasteiger partial charge in [-0.15, -0.1) is 10.1 Å². The van der Waals surface area contributed by atoms with Gasteiger partial charge in [-0.05, 0) is 18.6 Å². The first-order valence-corrected chi connectivity index (χ1v) is 4.65. The number of amides is 1. The molecule has 0 saturated heterocycles. The van der Waals surface area contributed by atoms with E-state index in [0.717, 1.165) is 0 Å². The predicted octanol–water partition coefficient (Wildman–Crippen LogP) is 0.410. The second-order valence-corrected chi connectivity index (χ2v) is 2.91. The van der Waals surface area contributed by atoms with E-state index in [1.165, 1.54) is 6.20 Å². The Morgan fingerprint density at radius 2 is 2.44 bits per heavy atom. The molecule has 0 aliphatic rings. The lowest BCUT2D eigenvalue weighted by atomic mass is 10.2. The zero-order chi connectivity index (χ0) is 11.8. The van der Waals surface area contributed by atoms with Gasteiger partial charge in [0.25, 0.3) is 11.0 Å². The second kappa shape index (κ2) is 6.33. The van der Waals surface area contributed by atoms with E-state index in [9.17, 15) is 14.9 Å². The third-order valence-corrected chi connectivity index (χ3v) is 1.73. The standard InChI is InChI=1S/C9H11N3O4/c13-9(8-3-1-4-10-7-8)11-5-2-6-16-12(14)15/h1,3-4,7H,2,5-6H2,(H,11,13). The molecule has 1 amide bonds. The molecular formula is C9H11N3O4. The molecule has 0 aromatic carbocycles. The first-order chi connectivity index (χ1) is 7.70. The fourth-order valence-electron chi connectivity index (χ4n) is 1.01. The number of carbonyl (C=O) groups is 1. The average molecular weight is 225 g/mol. The summed E-state index contributed by atoms with van der Waals surface area (Å²) < 4.78 is 0. The van der Waals surface area contributed by atoms with Crippen LogP contribution in [0.5, 0.6) is 0 Å². The summed E-state index contributed by atoms with van der Waals surface area (Å²) >= 11 is 0. The van der Waals surface area contributed by atoms with Crippen LogP contribution >= 0.6 is 0 Å². The zero-order valence-electron chi connectivity index (χ0n) is 8.46. The third kappa shape index (κ3) is 4.36. The molecule has 0 radical (unpaired) electrons. The van der Waals surface area contributed by atoms with Crippen LogP contribution in [0.4, 0.5) is 0 Å². The average Bonchev–Trinajstić information content (AvgIpc) is 2.29. The maximum absolute atomic E-state index is 11.4. The molecule has 86 valence electrons. The molecule has 0 atom stereocenters. The summed E-state index contributed by atoms with van der Waals surface area (Å²) in [6, 6.07) is 3.29. The summed E-state index contributed by atoms with van der Waals surface area (Å²) in [5, 5.41) is 11.5. The van der Waals surface area contributed by atoms with Gasteiger partial charge < -0.3 is 10.2 Å². The highest BCUT2D eigenvalue weighted by Crippen LogP contribution is 1.94. The van der Waals surface area contributed by atoms with Gasteiger partial charge in [0, 0.05) is 18.9 Å². The Morgan fingerprint density at radius 3 is 3.06 bits per heavy atom. The highest BCUT2D eigenvalue weighted by atomic mass is 16.9. The summed E-state index contributed by atoms with van der Waals surface area (Å²) in [7, 11) is 0. The molecular weight excluding hydrogens is 214 g/mol. The Kier molecular flexibility index (Phi) is 4.71. The van der Waals surface area contributed by atoms with Crippen molar-refractivity contribution < 1.29 is 14.7 Å². The van der Waals surface area contributed by atoms with Gasteiger partial charge in [0.05, 0.1) is 12.2 Å². The summed E-state index contributed by atoms with van der Waals surface area (Å²) in [5.74, 6) is -0.255. The molecule has 1 rings (SSSR count). The minimum absolute atomic E-state index is 0.0275. The lowest BCUT2D eigenvalue weighted by molar-refractivity contribution is -0.757. The number of hydrogen-bond acceptors (Lipinski definition) is 5. The van der Waals surface area contributed by atoms with Crippen molar-refractivity contribution in [2.24, 2.45) is 0 Å². The molecule has 0 spiro atoms. The minimum atomic E-state index is -0.858.